The fourth-order valence-electron chi connectivity index (χ4n) is 3.69. The molecule has 2 aromatic rings. The van der Waals surface area contributed by atoms with Crippen LogP contribution in [0.15, 0.2) is 43.0 Å². The molecule has 0 bridgehead atoms. The first kappa shape index (κ1) is 17.4. The van der Waals surface area contributed by atoms with E-state index in [2.05, 4.69) is 34.3 Å². The predicted molar refractivity (Wildman–Crippen MR) is 100 cm³/mol. The van der Waals surface area contributed by atoms with Crippen LogP contribution in [0.5, 0.6) is 5.75 Å². The molecular weight excluding hydrogens is 326 g/mol. The molecule has 0 amide bonds. The average Bonchev–Trinajstić information content (AvgIpc) is 3.28. The number of nitrogens with one attached hydrogen (secondary N) is 1. The third-order valence-corrected chi connectivity index (χ3v) is 5.63. The zero-order chi connectivity index (χ0) is 17.8. The largest absolute Gasteiger partial charge is 0.490 e. The number of aromatic nitrogens is 2. The number of hydrogen-bond acceptors (Lipinski definition) is 5. The minimum Gasteiger partial charge on any atom is -0.490 e. The van der Waals surface area contributed by atoms with E-state index in [1.165, 1.54) is 17.5 Å². The van der Waals surface area contributed by atoms with Gasteiger partial charge in [-0.05, 0) is 60.4 Å². The molecule has 1 saturated carbocycles. The Bertz CT molecular complexity index is 705. The second-order valence-electron chi connectivity index (χ2n) is 7.44. The molecule has 0 aromatic carbocycles. The van der Waals surface area contributed by atoms with Crippen LogP contribution in [0.4, 0.5) is 0 Å². The third kappa shape index (κ3) is 4.22. The smallest absolute Gasteiger partial charge is 0.137 e. The van der Waals surface area contributed by atoms with Gasteiger partial charge < -0.3 is 14.8 Å². The number of pyridine rings is 2. The van der Waals surface area contributed by atoms with E-state index < -0.39 is 0 Å². The van der Waals surface area contributed by atoms with Gasteiger partial charge >= 0.3 is 0 Å². The van der Waals surface area contributed by atoms with Gasteiger partial charge in [0.1, 0.15) is 12.4 Å². The Morgan fingerprint density at radius 3 is 2.88 bits per heavy atom. The zero-order valence-corrected chi connectivity index (χ0v) is 15.3. The van der Waals surface area contributed by atoms with Crippen molar-refractivity contribution in [1.29, 1.82) is 0 Å². The average molecular weight is 353 g/mol. The molecule has 2 fully saturated rings. The highest BCUT2D eigenvalue weighted by molar-refractivity contribution is 5.31. The summed E-state index contributed by atoms with van der Waals surface area (Å²) < 4.78 is 11.8. The number of ether oxygens (including phenoxy) is 2. The van der Waals surface area contributed by atoms with E-state index in [1.807, 2.05) is 24.7 Å². The molecule has 4 rings (SSSR count). The van der Waals surface area contributed by atoms with Crippen LogP contribution in [0.2, 0.25) is 0 Å². The molecule has 1 N–H and O–H groups in total. The van der Waals surface area contributed by atoms with Gasteiger partial charge in [-0.25, -0.2) is 0 Å². The Kier molecular flexibility index (Phi) is 5.46. The topological polar surface area (TPSA) is 56.3 Å². The van der Waals surface area contributed by atoms with Crippen molar-refractivity contribution in [1.82, 2.24) is 15.3 Å². The van der Waals surface area contributed by atoms with E-state index in [0.717, 1.165) is 38.5 Å². The normalized spacial score (nSPS) is 27.0. The van der Waals surface area contributed by atoms with Crippen molar-refractivity contribution in [3.8, 4) is 5.75 Å². The molecule has 1 aliphatic heterocycles. The Morgan fingerprint density at radius 2 is 2.12 bits per heavy atom. The molecule has 0 radical (unpaired) electrons. The summed E-state index contributed by atoms with van der Waals surface area (Å²) in [5.41, 5.74) is 2.50. The predicted octanol–water partition coefficient (Wildman–Crippen LogP) is 2.83. The van der Waals surface area contributed by atoms with E-state index in [1.54, 1.807) is 6.20 Å². The lowest BCUT2D eigenvalue weighted by Crippen LogP contribution is -2.46. The monoisotopic (exact) mass is 353 g/mol. The van der Waals surface area contributed by atoms with Crippen LogP contribution in [0.3, 0.4) is 0 Å². The third-order valence-electron chi connectivity index (χ3n) is 5.63. The van der Waals surface area contributed by atoms with Gasteiger partial charge in [0.2, 0.25) is 0 Å². The van der Waals surface area contributed by atoms with Crippen molar-refractivity contribution in [2.75, 3.05) is 26.4 Å². The second-order valence-corrected chi connectivity index (χ2v) is 7.44. The first-order valence-corrected chi connectivity index (χ1v) is 9.59. The van der Waals surface area contributed by atoms with E-state index in [-0.39, 0.29) is 0 Å². The van der Waals surface area contributed by atoms with Crippen molar-refractivity contribution in [3.63, 3.8) is 0 Å². The molecule has 26 heavy (non-hydrogen) atoms. The van der Waals surface area contributed by atoms with Crippen molar-refractivity contribution in [2.24, 2.45) is 11.8 Å². The van der Waals surface area contributed by atoms with Crippen LogP contribution in [-0.4, -0.2) is 42.4 Å². The Hall–Kier alpha value is -1.98. The number of nitrogens with zero attached hydrogens (tertiary/aromatic N) is 2. The summed E-state index contributed by atoms with van der Waals surface area (Å²) in [6.07, 6.45) is 9.61. The van der Waals surface area contributed by atoms with Crippen LogP contribution in [0, 0.1) is 11.8 Å². The molecule has 2 aliphatic rings. The maximum absolute atomic E-state index is 5.93. The summed E-state index contributed by atoms with van der Waals surface area (Å²) in [5, 5.41) is 3.35. The van der Waals surface area contributed by atoms with E-state index >= 15 is 0 Å². The van der Waals surface area contributed by atoms with Crippen molar-refractivity contribution in [2.45, 2.75) is 31.7 Å². The molecule has 1 saturated heterocycles. The van der Waals surface area contributed by atoms with Gasteiger partial charge in [-0.1, -0.05) is 13.0 Å². The van der Waals surface area contributed by atoms with Crippen LogP contribution >= 0.6 is 0 Å². The van der Waals surface area contributed by atoms with E-state index in [4.69, 9.17) is 9.47 Å². The molecule has 138 valence electrons. The van der Waals surface area contributed by atoms with Gasteiger partial charge in [0.25, 0.3) is 0 Å². The molecule has 0 spiro atoms. The Labute approximate surface area is 155 Å². The van der Waals surface area contributed by atoms with E-state index in [9.17, 15) is 0 Å². The highest BCUT2D eigenvalue weighted by Crippen LogP contribution is 2.53. The molecule has 0 unspecified atom stereocenters. The summed E-state index contributed by atoms with van der Waals surface area (Å²) >= 11 is 0. The molecule has 5 heteroatoms. The Morgan fingerprint density at radius 1 is 1.19 bits per heavy atom. The first-order valence-electron chi connectivity index (χ1n) is 9.59. The quantitative estimate of drug-likeness (QED) is 0.703. The lowest BCUT2D eigenvalue weighted by molar-refractivity contribution is 0.123. The van der Waals surface area contributed by atoms with Crippen molar-refractivity contribution < 1.29 is 9.47 Å². The highest BCUT2D eigenvalue weighted by Gasteiger charge is 2.47. The molecule has 2 aromatic heterocycles. The van der Waals surface area contributed by atoms with E-state index in [0.29, 0.717) is 23.8 Å². The van der Waals surface area contributed by atoms with Crippen LogP contribution in [0.25, 0.3) is 0 Å². The molecule has 1 aliphatic carbocycles. The molecule has 4 atom stereocenters. The van der Waals surface area contributed by atoms with Gasteiger partial charge in [-0.15, -0.1) is 0 Å². The SMILES string of the molecule is C[C@H]1[C@H](COCCc2cccnc2)[C@H]1c1cncc(OC[C@@H]2CCN2)c1. The molecular formula is C21H27N3O2. The maximum atomic E-state index is 5.93. The van der Waals surface area contributed by atoms with Gasteiger partial charge in [0.05, 0.1) is 19.4 Å². The maximum Gasteiger partial charge on any atom is 0.137 e. The minimum absolute atomic E-state index is 0.500. The first-order chi connectivity index (χ1) is 12.8. The van der Waals surface area contributed by atoms with Gasteiger partial charge in [-0.2, -0.15) is 0 Å². The van der Waals surface area contributed by atoms with Crippen LogP contribution < -0.4 is 10.1 Å². The minimum atomic E-state index is 0.500. The van der Waals surface area contributed by atoms with Crippen LogP contribution in [-0.2, 0) is 11.2 Å². The summed E-state index contributed by atoms with van der Waals surface area (Å²) in [7, 11) is 0. The highest BCUT2D eigenvalue weighted by atomic mass is 16.5. The summed E-state index contributed by atoms with van der Waals surface area (Å²) in [4.78, 5) is 8.52. The van der Waals surface area contributed by atoms with Crippen LogP contribution in [0.1, 0.15) is 30.4 Å². The summed E-state index contributed by atoms with van der Waals surface area (Å²) in [5.74, 6) is 2.63. The second kappa shape index (κ2) is 8.14. The standard InChI is InChI=1S/C21H27N3O2/c1-15-20(14-25-8-5-16-3-2-6-22-10-16)21(15)17-9-19(12-23-11-17)26-13-18-4-7-24-18/h2-3,6,9-12,15,18,20-21,24H,4-5,7-8,13-14H2,1H3/t15-,18-,20-,21+/m0/s1. The number of rotatable bonds is 9. The van der Waals surface area contributed by atoms with Gasteiger partial charge in [0.15, 0.2) is 0 Å². The van der Waals surface area contributed by atoms with Crippen molar-refractivity contribution in [3.05, 3.63) is 54.1 Å². The van der Waals surface area contributed by atoms with Gasteiger partial charge in [-0.3, -0.25) is 9.97 Å². The lowest BCUT2D eigenvalue weighted by Gasteiger charge is -2.27. The van der Waals surface area contributed by atoms with Crippen molar-refractivity contribution >= 4 is 0 Å². The van der Waals surface area contributed by atoms with Gasteiger partial charge in [0, 0.05) is 24.6 Å². The summed E-state index contributed by atoms with van der Waals surface area (Å²) in [6.45, 7) is 5.69. The lowest BCUT2D eigenvalue weighted by atomic mass is 10.1. The molecule has 3 heterocycles. The number of hydrogen-bond donors (Lipinski definition) is 1. The molecule has 5 nitrogen and oxygen atoms in total. The Balaban J connectivity index is 1.23. The zero-order valence-electron chi connectivity index (χ0n) is 15.3. The fraction of sp³-hybridized carbons (Fsp3) is 0.524. The fourth-order valence-corrected chi connectivity index (χ4v) is 3.69. The summed E-state index contributed by atoms with van der Waals surface area (Å²) in [6, 6.07) is 6.72.